The van der Waals surface area contributed by atoms with Gasteiger partial charge in [-0.15, -0.1) is 0 Å². The lowest BCUT2D eigenvalue weighted by Gasteiger charge is -2.39. The predicted molar refractivity (Wildman–Crippen MR) is 86.6 cm³/mol. The van der Waals surface area contributed by atoms with Crippen LogP contribution in [0.25, 0.3) is 5.57 Å². The fraction of sp³-hybridized carbons (Fsp3) is 0.333. The fourth-order valence-electron chi connectivity index (χ4n) is 3.37. The lowest BCUT2D eigenvalue weighted by molar-refractivity contribution is 0.662. The highest BCUT2D eigenvalue weighted by Crippen LogP contribution is 2.45. The van der Waals surface area contributed by atoms with Gasteiger partial charge in [-0.3, -0.25) is 0 Å². The summed E-state index contributed by atoms with van der Waals surface area (Å²) in [5.41, 5.74) is 6.86. The van der Waals surface area contributed by atoms with Gasteiger partial charge in [-0.05, 0) is 36.3 Å². The second kappa shape index (κ2) is 5.20. The van der Waals surface area contributed by atoms with Gasteiger partial charge in [0.1, 0.15) is 0 Å². The maximum atomic E-state index is 3.72. The van der Waals surface area contributed by atoms with E-state index in [-0.39, 0.29) is 0 Å². The SMILES string of the molecule is CC/C(=C/NC)C1C2=CC=CC1Nc1c(C)cccc12. The molecule has 2 N–H and O–H groups in total. The molecule has 0 radical (unpaired) electrons. The number of hydrogen-bond acceptors (Lipinski definition) is 2. The molecule has 0 amide bonds. The Morgan fingerprint density at radius 3 is 3.00 bits per heavy atom. The minimum absolute atomic E-state index is 0.364. The summed E-state index contributed by atoms with van der Waals surface area (Å²) in [4.78, 5) is 0. The van der Waals surface area contributed by atoms with Gasteiger partial charge in [0, 0.05) is 24.2 Å². The molecule has 0 saturated carbocycles. The van der Waals surface area contributed by atoms with Crippen LogP contribution >= 0.6 is 0 Å². The van der Waals surface area contributed by atoms with Gasteiger partial charge < -0.3 is 10.6 Å². The average Bonchev–Trinajstić information content (AvgIpc) is 2.45. The first-order valence-corrected chi connectivity index (χ1v) is 7.37. The molecule has 1 aromatic rings. The number of anilines is 1. The van der Waals surface area contributed by atoms with Gasteiger partial charge >= 0.3 is 0 Å². The average molecular weight is 266 g/mol. The summed E-state index contributed by atoms with van der Waals surface area (Å²) in [6, 6.07) is 6.93. The number of hydrogen-bond donors (Lipinski definition) is 2. The number of benzene rings is 1. The summed E-state index contributed by atoms with van der Waals surface area (Å²) in [5, 5.41) is 6.92. The van der Waals surface area contributed by atoms with E-state index < -0.39 is 0 Å². The molecule has 0 spiro atoms. The van der Waals surface area contributed by atoms with Crippen LogP contribution in [-0.4, -0.2) is 13.1 Å². The van der Waals surface area contributed by atoms with Crippen molar-refractivity contribution >= 4 is 11.3 Å². The second-order valence-electron chi connectivity index (χ2n) is 5.51. The summed E-state index contributed by atoms with van der Waals surface area (Å²) in [6.07, 6.45) is 9.97. The summed E-state index contributed by atoms with van der Waals surface area (Å²) < 4.78 is 0. The topological polar surface area (TPSA) is 24.1 Å². The molecule has 0 fully saturated rings. The Balaban J connectivity index is 2.12. The Hall–Kier alpha value is -1.96. The quantitative estimate of drug-likeness (QED) is 0.867. The van der Waals surface area contributed by atoms with Crippen molar-refractivity contribution in [2.45, 2.75) is 26.3 Å². The Labute approximate surface area is 121 Å². The van der Waals surface area contributed by atoms with Gasteiger partial charge in [0.2, 0.25) is 0 Å². The highest BCUT2D eigenvalue weighted by molar-refractivity contribution is 5.86. The monoisotopic (exact) mass is 266 g/mol. The number of allylic oxidation sites excluding steroid dienone is 2. The summed E-state index contributed by atoms with van der Waals surface area (Å²) in [5.74, 6) is 0.437. The van der Waals surface area contributed by atoms with Crippen molar-refractivity contribution < 1.29 is 0 Å². The zero-order chi connectivity index (χ0) is 14.1. The Morgan fingerprint density at radius 2 is 2.25 bits per heavy atom. The molecule has 2 bridgehead atoms. The zero-order valence-electron chi connectivity index (χ0n) is 12.4. The third kappa shape index (κ3) is 1.96. The molecule has 1 aliphatic heterocycles. The van der Waals surface area contributed by atoms with E-state index in [0.717, 1.165) is 6.42 Å². The molecule has 1 heterocycles. The molecule has 20 heavy (non-hydrogen) atoms. The molecule has 2 aliphatic rings. The summed E-state index contributed by atoms with van der Waals surface area (Å²) >= 11 is 0. The number of rotatable bonds is 3. The van der Waals surface area contributed by atoms with Gasteiger partial charge in [0.05, 0.1) is 6.04 Å². The van der Waals surface area contributed by atoms with E-state index in [0.29, 0.717) is 12.0 Å². The first-order chi connectivity index (χ1) is 9.76. The van der Waals surface area contributed by atoms with E-state index in [1.165, 1.54) is 28.0 Å². The Kier molecular flexibility index (Phi) is 3.39. The summed E-state index contributed by atoms with van der Waals surface area (Å²) in [6.45, 7) is 4.41. The molecule has 2 nitrogen and oxygen atoms in total. The van der Waals surface area contributed by atoms with Crippen LogP contribution in [0.15, 0.2) is 48.2 Å². The van der Waals surface area contributed by atoms with Gasteiger partial charge in [-0.25, -0.2) is 0 Å². The Morgan fingerprint density at radius 1 is 1.40 bits per heavy atom. The van der Waals surface area contributed by atoms with Crippen LogP contribution < -0.4 is 10.6 Å². The highest BCUT2D eigenvalue weighted by atomic mass is 14.9. The number of nitrogens with one attached hydrogen (secondary N) is 2. The first kappa shape index (κ1) is 13.0. The fourth-order valence-corrected chi connectivity index (χ4v) is 3.37. The van der Waals surface area contributed by atoms with E-state index in [1.807, 2.05) is 7.05 Å². The largest absolute Gasteiger partial charge is 0.394 e. The third-order valence-corrected chi connectivity index (χ3v) is 4.32. The predicted octanol–water partition coefficient (Wildman–Crippen LogP) is 3.87. The normalized spacial score (nSPS) is 23.8. The highest BCUT2D eigenvalue weighted by Gasteiger charge is 2.34. The van der Waals surface area contributed by atoms with Gasteiger partial charge in [0.25, 0.3) is 0 Å². The van der Waals surface area contributed by atoms with Crippen molar-refractivity contribution in [3.05, 3.63) is 59.3 Å². The van der Waals surface area contributed by atoms with E-state index in [1.54, 1.807) is 0 Å². The van der Waals surface area contributed by atoms with Gasteiger partial charge in [-0.2, -0.15) is 0 Å². The standard InChI is InChI=1S/C18H22N2/c1-4-13(11-19-3)17-14-8-6-10-16(17)20-18-12(2)7-5-9-15(14)18/h5-11,16-17,19-20H,4H2,1-3H3/b13-11-. The van der Waals surface area contributed by atoms with Crippen molar-refractivity contribution in [1.82, 2.24) is 5.32 Å². The number of aryl methyl sites for hydroxylation is 1. The van der Waals surface area contributed by atoms with Crippen LogP contribution in [-0.2, 0) is 0 Å². The second-order valence-corrected chi connectivity index (χ2v) is 5.51. The van der Waals surface area contributed by atoms with Crippen molar-refractivity contribution in [1.29, 1.82) is 0 Å². The number of para-hydroxylation sites is 1. The molecular weight excluding hydrogens is 244 g/mol. The number of fused-ring (bicyclic) bond motifs is 4. The molecular formula is C18H22N2. The molecule has 104 valence electrons. The van der Waals surface area contributed by atoms with Gasteiger partial charge in [-0.1, -0.05) is 43.4 Å². The maximum absolute atomic E-state index is 3.72. The minimum atomic E-state index is 0.364. The summed E-state index contributed by atoms with van der Waals surface area (Å²) in [7, 11) is 1.98. The van der Waals surface area contributed by atoms with Crippen LogP contribution in [0.3, 0.4) is 0 Å². The molecule has 0 saturated heterocycles. The smallest absolute Gasteiger partial charge is 0.0554 e. The zero-order valence-corrected chi connectivity index (χ0v) is 12.4. The lowest BCUT2D eigenvalue weighted by Crippen LogP contribution is -2.36. The molecule has 2 atom stereocenters. The van der Waals surface area contributed by atoms with Crippen LogP contribution in [0.4, 0.5) is 5.69 Å². The lowest BCUT2D eigenvalue weighted by atomic mass is 9.74. The van der Waals surface area contributed by atoms with Crippen molar-refractivity contribution in [3.63, 3.8) is 0 Å². The van der Waals surface area contributed by atoms with E-state index >= 15 is 0 Å². The van der Waals surface area contributed by atoms with Crippen molar-refractivity contribution in [2.75, 3.05) is 12.4 Å². The molecule has 2 heteroatoms. The molecule has 2 unspecified atom stereocenters. The molecule has 1 aliphatic carbocycles. The molecule has 1 aromatic carbocycles. The van der Waals surface area contributed by atoms with E-state index in [4.69, 9.17) is 0 Å². The molecule has 3 rings (SSSR count). The Bertz CT molecular complexity index is 608. The van der Waals surface area contributed by atoms with Crippen molar-refractivity contribution in [2.24, 2.45) is 5.92 Å². The molecule has 0 aromatic heterocycles. The van der Waals surface area contributed by atoms with Crippen LogP contribution in [0, 0.1) is 12.8 Å². The van der Waals surface area contributed by atoms with Crippen molar-refractivity contribution in [3.8, 4) is 0 Å². The minimum Gasteiger partial charge on any atom is -0.394 e. The van der Waals surface area contributed by atoms with Gasteiger partial charge in [0.15, 0.2) is 0 Å². The third-order valence-electron chi connectivity index (χ3n) is 4.32. The first-order valence-electron chi connectivity index (χ1n) is 7.37. The van der Waals surface area contributed by atoms with Crippen LogP contribution in [0.5, 0.6) is 0 Å². The van der Waals surface area contributed by atoms with Crippen LogP contribution in [0.1, 0.15) is 24.5 Å². The van der Waals surface area contributed by atoms with Crippen LogP contribution in [0.2, 0.25) is 0 Å². The maximum Gasteiger partial charge on any atom is 0.0554 e. The van der Waals surface area contributed by atoms with E-state index in [9.17, 15) is 0 Å². The van der Waals surface area contributed by atoms with E-state index in [2.05, 4.69) is 67.1 Å².